The van der Waals surface area contributed by atoms with Crippen LogP contribution in [-0.4, -0.2) is 71.4 Å². The second-order valence-electron chi connectivity index (χ2n) is 7.72. The van der Waals surface area contributed by atoms with Gasteiger partial charge in [-0.2, -0.15) is 0 Å². The molecule has 9 heteroatoms. The number of hydrogen-bond acceptors (Lipinski definition) is 6. The summed E-state index contributed by atoms with van der Waals surface area (Å²) >= 11 is 5.77. The first-order chi connectivity index (χ1) is 12.2. The molecule has 0 radical (unpaired) electrons. The maximum Gasteiger partial charge on any atom is 0.411 e. The highest BCUT2D eigenvalue weighted by Crippen LogP contribution is 2.34. The molecule has 0 N–H and O–H groups in total. The van der Waals surface area contributed by atoms with Crippen molar-refractivity contribution in [2.24, 2.45) is 0 Å². The smallest absolute Gasteiger partial charge is 0.411 e. The van der Waals surface area contributed by atoms with Gasteiger partial charge in [-0.1, -0.05) is 11.6 Å². The highest BCUT2D eigenvalue weighted by molar-refractivity contribution is 6.29. The van der Waals surface area contributed by atoms with Crippen molar-refractivity contribution < 1.29 is 18.7 Å². The van der Waals surface area contributed by atoms with Crippen LogP contribution >= 0.6 is 11.6 Å². The minimum absolute atomic E-state index is 0.146. The molecule has 3 rings (SSSR count). The Kier molecular flexibility index (Phi) is 5.25. The van der Waals surface area contributed by atoms with Crippen LogP contribution in [0.3, 0.4) is 0 Å². The zero-order valence-corrected chi connectivity index (χ0v) is 16.1. The van der Waals surface area contributed by atoms with E-state index in [1.54, 1.807) is 44.9 Å². The third-order valence-corrected chi connectivity index (χ3v) is 4.88. The number of rotatable bonds is 2. The molecule has 1 amide bonds. The number of morpholine rings is 1. The minimum Gasteiger partial charge on any atom is -0.444 e. The molecule has 4 atom stereocenters. The molecule has 26 heavy (non-hydrogen) atoms. The van der Waals surface area contributed by atoms with Crippen LogP contribution in [0.2, 0.25) is 5.15 Å². The Hall–Kier alpha value is -1.67. The fourth-order valence-electron chi connectivity index (χ4n) is 3.49. The Balaban J connectivity index is 1.79. The molecule has 0 spiro atoms. The quantitative estimate of drug-likeness (QED) is 0.778. The molecule has 0 unspecified atom stereocenters. The van der Waals surface area contributed by atoms with Gasteiger partial charge in [0.05, 0.1) is 31.3 Å². The van der Waals surface area contributed by atoms with E-state index in [9.17, 15) is 4.79 Å². The van der Waals surface area contributed by atoms with Crippen molar-refractivity contribution in [3.05, 3.63) is 17.3 Å². The van der Waals surface area contributed by atoms with Crippen LogP contribution in [0.1, 0.15) is 27.2 Å². The van der Waals surface area contributed by atoms with Crippen molar-refractivity contribution in [1.29, 1.82) is 0 Å². The summed E-state index contributed by atoms with van der Waals surface area (Å²) < 4.78 is 26.3. The second kappa shape index (κ2) is 7.15. The van der Waals surface area contributed by atoms with Crippen molar-refractivity contribution >= 4 is 23.5 Å². The van der Waals surface area contributed by atoms with E-state index in [4.69, 9.17) is 21.1 Å². The van der Waals surface area contributed by atoms with Crippen LogP contribution in [-0.2, 0) is 9.47 Å². The van der Waals surface area contributed by atoms with Crippen LogP contribution in [0.15, 0.2) is 12.1 Å². The van der Waals surface area contributed by atoms with Gasteiger partial charge < -0.3 is 14.4 Å². The monoisotopic (exact) mass is 386 g/mol. The largest absolute Gasteiger partial charge is 0.444 e. The SMILES string of the molecule is CN(c1ccc(Cl)nn1)[C@@H]1C[C@H]2COC[C@@H]([C@@H]1F)N2C(=O)OC(C)(C)C. The first kappa shape index (κ1) is 19.1. The molecule has 1 aromatic heterocycles. The summed E-state index contributed by atoms with van der Waals surface area (Å²) in [7, 11) is 1.77. The zero-order chi connectivity index (χ0) is 19.1. The molecule has 7 nitrogen and oxygen atoms in total. The van der Waals surface area contributed by atoms with Gasteiger partial charge in [0.25, 0.3) is 0 Å². The topological polar surface area (TPSA) is 67.8 Å². The lowest BCUT2D eigenvalue weighted by Crippen LogP contribution is -2.68. The standard InChI is InChI=1S/C17H24ClFN4O3/c1-17(2,3)26-16(24)23-10-7-11(15(19)12(23)9-25-8-10)22(4)14-6-5-13(18)20-21-14/h5-6,10-12,15H,7-9H2,1-4H3/t10-,11+,12-,15+/m0/s1. The van der Waals surface area contributed by atoms with E-state index in [0.29, 0.717) is 18.8 Å². The fraction of sp³-hybridized carbons (Fsp3) is 0.706. The summed E-state index contributed by atoms with van der Waals surface area (Å²) in [4.78, 5) is 15.9. The Labute approximate surface area is 157 Å². The Morgan fingerprint density at radius 3 is 2.73 bits per heavy atom. The van der Waals surface area contributed by atoms with Gasteiger partial charge in [0.15, 0.2) is 11.0 Å². The van der Waals surface area contributed by atoms with Crippen LogP contribution in [0.25, 0.3) is 0 Å². The van der Waals surface area contributed by atoms with Crippen molar-refractivity contribution in [1.82, 2.24) is 15.1 Å². The Morgan fingerprint density at radius 1 is 1.38 bits per heavy atom. The molecule has 3 heterocycles. The number of amides is 1. The Morgan fingerprint density at radius 2 is 2.12 bits per heavy atom. The van der Waals surface area contributed by atoms with E-state index in [1.807, 2.05) is 0 Å². The lowest BCUT2D eigenvalue weighted by molar-refractivity contribution is -0.107. The van der Waals surface area contributed by atoms with Gasteiger partial charge in [0.2, 0.25) is 0 Å². The summed E-state index contributed by atoms with van der Waals surface area (Å²) in [6, 6.07) is 1.94. The van der Waals surface area contributed by atoms with E-state index < -0.39 is 29.9 Å². The molecule has 1 aromatic rings. The van der Waals surface area contributed by atoms with Crippen LogP contribution in [0, 0.1) is 0 Å². The predicted octanol–water partition coefficient (Wildman–Crippen LogP) is 2.68. The molecule has 0 aromatic carbocycles. The number of aromatic nitrogens is 2. The maximum absolute atomic E-state index is 15.3. The second-order valence-corrected chi connectivity index (χ2v) is 8.11. The summed E-state index contributed by atoms with van der Waals surface area (Å²) in [5.41, 5.74) is -0.634. The first-order valence-corrected chi connectivity index (χ1v) is 9.00. The first-order valence-electron chi connectivity index (χ1n) is 8.62. The van der Waals surface area contributed by atoms with Crippen LogP contribution in [0.4, 0.5) is 15.0 Å². The summed E-state index contributed by atoms with van der Waals surface area (Å²) in [6.45, 7) is 5.89. The number of piperidine rings is 1. The lowest BCUT2D eigenvalue weighted by atomic mass is 9.88. The van der Waals surface area contributed by atoms with Crippen LogP contribution < -0.4 is 4.90 Å². The average molecular weight is 387 g/mol. The third-order valence-electron chi connectivity index (χ3n) is 4.68. The average Bonchev–Trinajstić information content (AvgIpc) is 2.56. The van der Waals surface area contributed by atoms with Gasteiger partial charge in [-0.15, -0.1) is 10.2 Å². The number of alkyl halides is 1. The van der Waals surface area contributed by atoms with E-state index in [2.05, 4.69) is 10.2 Å². The van der Waals surface area contributed by atoms with Gasteiger partial charge in [-0.25, -0.2) is 9.18 Å². The summed E-state index contributed by atoms with van der Waals surface area (Å²) in [6.07, 6.45) is -1.38. The molecule has 0 aliphatic carbocycles. The van der Waals surface area contributed by atoms with Gasteiger partial charge in [-0.3, -0.25) is 4.90 Å². The molecule has 2 aliphatic rings. The fourth-order valence-corrected chi connectivity index (χ4v) is 3.59. The van der Waals surface area contributed by atoms with Crippen LogP contribution in [0.5, 0.6) is 0 Å². The lowest BCUT2D eigenvalue weighted by Gasteiger charge is -2.51. The highest BCUT2D eigenvalue weighted by Gasteiger charge is 2.50. The predicted molar refractivity (Wildman–Crippen MR) is 95.2 cm³/mol. The van der Waals surface area contributed by atoms with E-state index in [0.717, 1.165) is 0 Å². The highest BCUT2D eigenvalue weighted by atomic mass is 35.5. The van der Waals surface area contributed by atoms with Crippen molar-refractivity contribution in [2.45, 2.75) is 57.1 Å². The number of ether oxygens (including phenoxy) is 2. The number of nitrogens with zero attached hydrogens (tertiary/aromatic N) is 4. The van der Waals surface area contributed by atoms with E-state index in [1.165, 1.54) is 4.90 Å². The number of halogens is 2. The molecule has 2 fully saturated rings. The molecular weight excluding hydrogens is 363 g/mol. The summed E-state index contributed by atoms with van der Waals surface area (Å²) in [5.74, 6) is 0.534. The number of carbonyl (C=O) groups is 1. The van der Waals surface area contributed by atoms with Gasteiger partial charge in [0.1, 0.15) is 11.8 Å². The zero-order valence-electron chi connectivity index (χ0n) is 15.4. The number of carbonyl (C=O) groups excluding carboxylic acids is 1. The normalized spacial score (nSPS) is 28.6. The summed E-state index contributed by atoms with van der Waals surface area (Å²) in [5, 5.41) is 8.12. The van der Waals surface area contributed by atoms with Gasteiger partial charge >= 0.3 is 6.09 Å². The van der Waals surface area contributed by atoms with Crippen molar-refractivity contribution in [2.75, 3.05) is 25.2 Å². The molecule has 2 bridgehead atoms. The number of hydrogen-bond donors (Lipinski definition) is 0. The number of anilines is 1. The molecule has 2 aliphatic heterocycles. The third kappa shape index (κ3) is 3.86. The van der Waals surface area contributed by atoms with Crippen molar-refractivity contribution in [3.63, 3.8) is 0 Å². The molecule has 0 saturated carbocycles. The Bertz CT molecular complexity index is 654. The van der Waals surface area contributed by atoms with Gasteiger partial charge in [0, 0.05) is 7.05 Å². The maximum atomic E-state index is 15.3. The van der Waals surface area contributed by atoms with E-state index in [-0.39, 0.29) is 17.8 Å². The van der Waals surface area contributed by atoms with E-state index >= 15 is 4.39 Å². The molecular formula is C17H24ClFN4O3. The molecule has 144 valence electrons. The van der Waals surface area contributed by atoms with Gasteiger partial charge in [-0.05, 0) is 39.3 Å². The number of fused-ring (bicyclic) bond motifs is 2. The molecule has 2 saturated heterocycles. The minimum atomic E-state index is -1.30. The van der Waals surface area contributed by atoms with Crippen molar-refractivity contribution in [3.8, 4) is 0 Å².